The van der Waals surface area contributed by atoms with Gasteiger partial charge in [0, 0.05) is 61.7 Å². The minimum absolute atomic E-state index is 0.0106. The maximum atomic E-state index is 12.7. The first-order valence-electron chi connectivity index (χ1n) is 14.5. The number of carbonyl (C=O) groups excluding carboxylic acids is 4. The van der Waals surface area contributed by atoms with Gasteiger partial charge in [0.1, 0.15) is 0 Å². The van der Waals surface area contributed by atoms with Crippen molar-refractivity contribution in [2.24, 2.45) is 5.73 Å². The molecule has 0 aliphatic carbocycles. The van der Waals surface area contributed by atoms with Crippen molar-refractivity contribution in [1.29, 1.82) is 0 Å². The number of ether oxygens (including phenoxy) is 4. The summed E-state index contributed by atoms with van der Waals surface area (Å²) in [5.41, 5.74) is 6.65. The maximum absolute atomic E-state index is 12.7. The molecule has 0 atom stereocenters. The third-order valence-electron chi connectivity index (χ3n) is 6.16. The van der Waals surface area contributed by atoms with Crippen LogP contribution in [0.3, 0.4) is 0 Å². The van der Waals surface area contributed by atoms with Crippen LogP contribution >= 0.6 is 0 Å². The van der Waals surface area contributed by atoms with Crippen molar-refractivity contribution in [3.63, 3.8) is 0 Å². The molecule has 0 saturated heterocycles. The predicted octanol–water partition coefficient (Wildman–Crippen LogP) is 3.79. The number of nitrogens with two attached hydrogens (primary N) is 1. The predicted molar refractivity (Wildman–Crippen MR) is 158 cm³/mol. The zero-order valence-corrected chi connectivity index (χ0v) is 27.1. The van der Waals surface area contributed by atoms with Crippen LogP contribution < -0.4 is 5.73 Å². The molecular formula is C29H51NO11Si. The molecule has 2 N–H and O–H groups in total. The Hall–Kier alpha value is -2.58. The Balaban J connectivity index is 5.50. The van der Waals surface area contributed by atoms with Crippen molar-refractivity contribution in [1.82, 2.24) is 0 Å². The second kappa shape index (κ2) is 22.0. The fourth-order valence-corrected chi connectivity index (χ4v) is 7.78. The molecule has 12 nitrogen and oxygen atoms in total. The van der Waals surface area contributed by atoms with E-state index in [-0.39, 0.29) is 58.7 Å². The molecule has 0 heterocycles. The molecule has 42 heavy (non-hydrogen) atoms. The highest BCUT2D eigenvalue weighted by Gasteiger charge is 2.60. The lowest BCUT2D eigenvalue weighted by atomic mass is 9.92. The molecule has 0 aromatic heterocycles. The molecular weight excluding hydrogens is 566 g/mol. The highest BCUT2D eigenvalue weighted by Crippen LogP contribution is 2.51. The Morgan fingerprint density at radius 1 is 0.643 bits per heavy atom. The summed E-state index contributed by atoms with van der Waals surface area (Å²) < 4.78 is 39.4. The lowest BCUT2D eigenvalue weighted by Crippen LogP contribution is -2.57. The number of rotatable bonds is 25. The quantitative estimate of drug-likeness (QED) is 0.0520. The molecule has 0 bridgehead atoms. The van der Waals surface area contributed by atoms with E-state index in [4.69, 9.17) is 38.0 Å². The van der Waals surface area contributed by atoms with Crippen LogP contribution in [0, 0.1) is 0 Å². The van der Waals surface area contributed by atoms with Crippen LogP contribution in [-0.4, -0.2) is 85.5 Å². The second-order valence-electron chi connectivity index (χ2n) is 9.65. The van der Waals surface area contributed by atoms with E-state index >= 15 is 0 Å². The highest BCUT2D eigenvalue weighted by atomic mass is 28.4. The van der Waals surface area contributed by atoms with E-state index in [2.05, 4.69) is 13.2 Å². The van der Waals surface area contributed by atoms with E-state index in [1.54, 1.807) is 13.8 Å². The Morgan fingerprint density at radius 3 is 1.31 bits per heavy atom. The minimum Gasteiger partial charge on any atom is -0.466 e. The van der Waals surface area contributed by atoms with Gasteiger partial charge in [-0.1, -0.05) is 13.2 Å². The van der Waals surface area contributed by atoms with Crippen LogP contribution in [0.1, 0.15) is 79.6 Å². The van der Waals surface area contributed by atoms with Gasteiger partial charge < -0.3 is 38.0 Å². The Kier molecular flexibility index (Phi) is 20.7. The standard InChI is InChI=1S/C29H51NO11Si/c1-8-39-42(40-9-2,41-10-3)29(17-18-30,15-13-25(31)35-19-11-21-37-27(33)23(4)5)16-14-26(32)36-20-12-22-38-28(34)24(6)7/h4,6,8-22,30H2,1-3,5,7H3. The maximum Gasteiger partial charge on any atom is 0.507 e. The molecule has 0 aromatic carbocycles. The molecule has 13 heteroatoms. The third kappa shape index (κ3) is 14.5. The molecule has 0 amide bonds. The van der Waals surface area contributed by atoms with Gasteiger partial charge in [-0.15, -0.1) is 0 Å². The Morgan fingerprint density at radius 2 is 1.00 bits per heavy atom. The van der Waals surface area contributed by atoms with Crippen molar-refractivity contribution in [3.8, 4) is 0 Å². The topological polar surface area (TPSA) is 159 Å². The number of carbonyl (C=O) groups is 4. The second-order valence-corrected chi connectivity index (χ2v) is 12.7. The van der Waals surface area contributed by atoms with Crippen molar-refractivity contribution < 1.29 is 51.4 Å². The fraction of sp³-hybridized carbons (Fsp3) is 0.724. The summed E-state index contributed by atoms with van der Waals surface area (Å²) in [6, 6.07) is 0. The van der Waals surface area contributed by atoms with Crippen LogP contribution in [-0.2, 0) is 51.4 Å². The smallest absolute Gasteiger partial charge is 0.466 e. The summed E-state index contributed by atoms with van der Waals surface area (Å²) in [7, 11) is -3.49. The Bertz CT molecular complexity index is 809. The van der Waals surface area contributed by atoms with E-state index < -0.39 is 37.7 Å². The summed E-state index contributed by atoms with van der Waals surface area (Å²) in [6.07, 6.45) is 1.59. The molecule has 0 saturated carbocycles. The van der Waals surface area contributed by atoms with Crippen LogP contribution in [0.15, 0.2) is 24.3 Å². The monoisotopic (exact) mass is 617 g/mol. The number of hydrogen-bond acceptors (Lipinski definition) is 12. The van der Waals surface area contributed by atoms with E-state index in [9.17, 15) is 19.2 Å². The highest BCUT2D eigenvalue weighted by molar-refractivity contribution is 6.64. The lowest BCUT2D eigenvalue weighted by Gasteiger charge is -2.45. The summed E-state index contributed by atoms with van der Waals surface area (Å²) in [6.45, 7) is 17.1. The largest absolute Gasteiger partial charge is 0.507 e. The van der Waals surface area contributed by atoms with Crippen LogP contribution in [0.25, 0.3) is 0 Å². The normalized spacial score (nSPS) is 11.5. The van der Waals surface area contributed by atoms with E-state index in [0.717, 1.165) is 0 Å². The first kappa shape index (κ1) is 39.4. The molecule has 242 valence electrons. The molecule has 0 aliphatic heterocycles. The number of esters is 4. The number of hydrogen-bond donors (Lipinski definition) is 1. The lowest BCUT2D eigenvalue weighted by molar-refractivity contribution is -0.146. The van der Waals surface area contributed by atoms with Crippen molar-refractivity contribution in [2.75, 3.05) is 52.8 Å². The van der Waals surface area contributed by atoms with Crippen molar-refractivity contribution in [3.05, 3.63) is 24.3 Å². The zero-order valence-electron chi connectivity index (χ0n) is 26.1. The molecule has 0 spiro atoms. The first-order chi connectivity index (χ1) is 19.9. The average Bonchev–Trinajstić information content (AvgIpc) is 2.94. The molecule has 0 aliphatic rings. The van der Waals surface area contributed by atoms with Gasteiger partial charge in [0.2, 0.25) is 0 Å². The van der Waals surface area contributed by atoms with Gasteiger partial charge in [-0.2, -0.15) is 0 Å². The molecule has 0 rings (SSSR count). The van der Waals surface area contributed by atoms with Crippen LogP contribution in [0.2, 0.25) is 5.04 Å². The minimum atomic E-state index is -3.49. The Labute approximate surface area is 251 Å². The zero-order chi connectivity index (χ0) is 32.0. The summed E-state index contributed by atoms with van der Waals surface area (Å²) in [5.74, 6) is -1.91. The van der Waals surface area contributed by atoms with E-state index in [1.807, 2.05) is 20.8 Å². The van der Waals surface area contributed by atoms with Gasteiger partial charge in [0.25, 0.3) is 0 Å². The summed E-state index contributed by atoms with van der Waals surface area (Å²) in [4.78, 5) is 48.4. The van der Waals surface area contributed by atoms with Gasteiger partial charge in [0.15, 0.2) is 0 Å². The summed E-state index contributed by atoms with van der Waals surface area (Å²) >= 11 is 0. The van der Waals surface area contributed by atoms with Crippen LogP contribution in [0.4, 0.5) is 0 Å². The molecule has 0 radical (unpaired) electrons. The third-order valence-corrected chi connectivity index (χ3v) is 10.2. The first-order valence-corrected chi connectivity index (χ1v) is 16.2. The molecule has 0 aromatic rings. The van der Waals surface area contributed by atoms with Gasteiger partial charge in [-0.3, -0.25) is 9.59 Å². The van der Waals surface area contributed by atoms with E-state index in [1.165, 1.54) is 0 Å². The van der Waals surface area contributed by atoms with Gasteiger partial charge in [0.05, 0.1) is 26.4 Å². The van der Waals surface area contributed by atoms with E-state index in [0.29, 0.717) is 50.2 Å². The van der Waals surface area contributed by atoms with Crippen molar-refractivity contribution >= 4 is 32.7 Å². The molecule has 0 unspecified atom stereocenters. The summed E-state index contributed by atoms with van der Waals surface area (Å²) in [5, 5.41) is -0.865. The van der Waals surface area contributed by atoms with Gasteiger partial charge in [-0.25, -0.2) is 9.59 Å². The molecule has 0 fully saturated rings. The van der Waals surface area contributed by atoms with Crippen molar-refractivity contribution in [2.45, 2.75) is 84.6 Å². The average molecular weight is 618 g/mol. The SMILES string of the molecule is C=C(C)C(=O)OCCCOC(=O)CCC(CCN)(CCC(=O)OCCCOC(=O)C(=C)C)[Si](OCC)(OCC)OCC. The van der Waals surface area contributed by atoms with Gasteiger partial charge in [-0.05, 0) is 60.4 Å². The van der Waals surface area contributed by atoms with Crippen LogP contribution in [0.5, 0.6) is 0 Å². The fourth-order valence-electron chi connectivity index (χ4n) is 4.16. The van der Waals surface area contributed by atoms with Gasteiger partial charge >= 0.3 is 32.7 Å².